The van der Waals surface area contributed by atoms with Gasteiger partial charge in [0, 0.05) is 12.1 Å². The van der Waals surface area contributed by atoms with E-state index in [0.29, 0.717) is 5.75 Å². The first kappa shape index (κ1) is 14.2. The molecule has 100 valence electrons. The van der Waals surface area contributed by atoms with Crippen LogP contribution >= 0.6 is 0 Å². The first-order valence-electron chi connectivity index (χ1n) is 4.79. The maximum absolute atomic E-state index is 10.7. The van der Waals surface area contributed by atoms with Gasteiger partial charge in [0.1, 0.15) is 12.4 Å². The molecule has 18 heavy (non-hydrogen) atoms. The molecule has 2 N–H and O–H groups in total. The van der Waals surface area contributed by atoms with E-state index in [9.17, 15) is 18.5 Å². The van der Waals surface area contributed by atoms with Crippen molar-refractivity contribution in [2.45, 2.75) is 0 Å². The van der Waals surface area contributed by atoms with Crippen molar-refractivity contribution in [1.82, 2.24) is 0 Å². The number of methoxy groups -OCH3 is 1. The summed E-state index contributed by atoms with van der Waals surface area (Å²) in [6, 6.07) is 3.93. The van der Waals surface area contributed by atoms with Crippen LogP contribution in [-0.4, -0.2) is 32.8 Å². The summed E-state index contributed by atoms with van der Waals surface area (Å²) in [5, 5.41) is 15.5. The van der Waals surface area contributed by atoms with Gasteiger partial charge in [-0.05, 0) is 6.07 Å². The predicted octanol–water partition coefficient (Wildman–Crippen LogP) is 0.271. The van der Waals surface area contributed by atoms with E-state index in [1.807, 2.05) is 0 Å². The summed E-state index contributed by atoms with van der Waals surface area (Å²) < 4.78 is 31.3. The molecular weight excluding hydrogens is 264 g/mol. The average molecular weight is 276 g/mol. The Hall–Kier alpha value is -1.87. The van der Waals surface area contributed by atoms with E-state index in [-0.39, 0.29) is 18.0 Å². The molecule has 8 nitrogen and oxygen atoms in total. The number of hydrogen-bond donors (Lipinski definition) is 1. The van der Waals surface area contributed by atoms with E-state index in [2.05, 4.69) is 0 Å². The Balaban J connectivity index is 2.87. The quantitative estimate of drug-likeness (QED) is 0.587. The van der Waals surface area contributed by atoms with Gasteiger partial charge >= 0.3 is 5.69 Å². The summed E-state index contributed by atoms with van der Waals surface area (Å²) in [4.78, 5) is 10.1. The third-order valence-corrected chi connectivity index (χ3v) is 2.72. The van der Waals surface area contributed by atoms with Gasteiger partial charge in [0.2, 0.25) is 15.8 Å². The third kappa shape index (κ3) is 4.18. The highest BCUT2D eigenvalue weighted by atomic mass is 32.2. The van der Waals surface area contributed by atoms with E-state index in [1.54, 1.807) is 0 Å². The molecule has 0 bridgehead atoms. The molecule has 0 saturated carbocycles. The second-order valence-electron chi connectivity index (χ2n) is 3.31. The van der Waals surface area contributed by atoms with E-state index < -0.39 is 20.7 Å². The second kappa shape index (κ2) is 5.65. The first-order valence-corrected chi connectivity index (χ1v) is 6.51. The van der Waals surface area contributed by atoms with Crippen molar-refractivity contribution >= 4 is 15.7 Å². The predicted molar refractivity (Wildman–Crippen MR) is 63.1 cm³/mol. The lowest BCUT2D eigenvalue weighted by Crippen LogP contribution is -2.21. The standard InChI is InChI=1S/C9H12N2O6S/c1-16-7-2-3-8(11(12)13)9(6-7)17-4-5-18(10,14)15/h2-3,6H,4-5H2,1H3,(H2,10,14,15). The summed E-state index contributed by atoms with van der Waals surface area (Å²) in [6.45, 7) is -0.271. The lowest BCUT2D eigenvalue weighted by molar-refractivity contribution is -0.385. The summed E-state index contributed by atoms with van der Waals surface area (Å²) in [5.41, 5.74) is -0.273. The molecule has 1 aromatic carbocycles. The minimum Gasteiger partial charge on any atom is -0.497 e. The fourth-order valence-electron chi connectivity index (χ4n) is 1.16. The Bertz CT molecular complexity index is 542. The zero-order valence-electron chi connectivity index (χ0n) is 9.53. The SMILES string of the molecule is COc1ccc([N+](=O)[O-])c(OCCS(N)(=O)=O)c1. The molecule has 0 aliphatic carbocycles. The van der Waals surface area contributed by atoms with Crippen LogP contribution in [0.4, 0.5) is 5.69 Å². The van der Waals surface area contributed by atoms with Crippen molar-refractivity contribution in [3.8, 4) is 11.5 Å². The molecule has 0 aromatic heterocycles. The molecule has 0 radical (unpaired) electrons. The van der Waals surface area contributed by atoms with Gasteiger partial charge in [0.05, 0.1) is 17.8 Å². The maximum Gasteiger partial charge on any atom is 0.311 e. The van der Waals surface area contributed by atoms with Crippen molar-refractivity contribution in [3.05, 3.63) is 28.3 Å². The molecule has 0 aliphatic heterocycles. The number of hydrogen-bond acceptors (Lipinski definition) is 6. The molecular formula is C9H12N2O6S. The number of primary sulfonamides is 1. The third-order valence-electron chi connectivity index (χ3n) is 1.99. The molecule has 1 aromatic rings. The monoisotopic (exact) mass is 276 g/mol. The van der Waals surface area contributed by atoms with Crippen LogP contribution in [0.25, 0.3) is 0 Å². The van der Waals surface area contributed by atoms with Gasteiger partial charge in [-0.15, -0.1) is 0 Å². The van der Waals surface area contributed by atoms with Gasteiger partial charge in [-0.25, -0.2) is 13.6 Å². The molecule has 0 amide bonds. The minimum atomic E-state index is -3.67. The number of nitro groups is 1. The fourth-order valence-corrected chi connectivity index (χ4v) is 1.47. The van der Waals surface area contributed by atoms with Gasteiger partial charge < -0.3 is 9.47 Å². The van der Waals surface area contributed by atoms with E-state index in [0.717, 1.165) is 0 Å². The van der Waals surface area contributed by atoms with E-state index >= 15 is 0 Å². The highest BCUT2D eigenvalue weighted by Crippen LogP contribution is 2.30. The number of sulfonamides is 1. The summed E-state index contributed by atoms with van der Waals surface area (Å²) >= 11 is 0. The Labute approximate surface area is 104 Å². The topological polar surface area (TPSA) is 122 Å². The largest absolute Gasteiger partial charge is 0.497 e. The van der Waals surface area contributed by atoms with Crippen molar-refractivity contribution in [3.63, 3.8) is 0 Å². The van der Waals surface area contributed by atoms with Gasteiger partial charge in [0.25, 0.3) is 0 Å². The normalized spacial score (nSPS) is 11.0. The van der Waals surface area contributed by atoms with Gasteiger partial charge in [-0.3, -0.25) is 10.1 Å². The average Bonchev–Trinajstić information content (AvgIpc) is 2.26. The van der Waals surface area contributed by atoms with Crippen LogP contribution in [-0.2, 0) is 10.0 Å². The van der Waals surface area contributed by atoms with Crippen LogP contribution in [0.2, 0.25) is 0 Å². The Morgan fingerprint density at radius 2 is 2.11 bits per heavy atom. The van der Waals surface area contributed by atoms with Crippen LogP contribution in [0.5, 0.6) is 11.5 Å². The first-order chi connectivity index (χ1) is 8.33. The Morgan fingerprint density at radius 3 is 2.61 bits per heavy atom. The summed E-state index contributed by atoms with van der Waals surface area (Å²) in [6.07, 6.45) is 0. The van der Waals surface area contributed by atoms with Crippen LogP contribution in [0.3, 0.4) is 0 Å². The number of nitrogens with two attached hydrogens (primary N) is 1. The van der Waals surface area contributed by atoms with E-state index in [4.69, 9.17) is 14.6 Å². The molecule has 0 aliphatic rings. The number of nitro benzene ring substituents is 1. The molecule has 0 unspecified atom stereocenters. The molecule has 0 fully saturated rings. The van der Waals surface area contributed by atoms with Gasteiger partial charge in [-0.2, -0.15) is 0 Å². The molecule has 0 spiro atoms. The zero-order valence-corrected chi connectivity index (χ0v) is 10.3. The molecule has 0 heterocycles. The second-order valence-corrected chi connectivity index (χ2v) is 5.04. The lowest BCUT2D eigenvalue weighted by Gasteiger charge is -2.07. The van der Waals surface area contributed by atoms with Crippen LogP contribution in [0.1, 0.15) is 0 Å². The minimum absolute atomic E-state index is 0.0667. The molecule has 0 saturated heterocycles. The van der Waals surface area contributed by atoms with Crippen molar-refractivity contribution in [2.24, 2.45) is 5.14 Å². The maximum atomic E-state index is 10.7. The number of rotatable bonds is 6. The van der Waals surface area contributed by atoms with Crippen molar-refractivity contribution in [2.75, 3.05) is 19.5 Å². The lowest BCUT2D eigenvalue weighted by atomic mass is 10.3. The van der Waals surface area contributed by atoms with Crippen LogP contribution in [0, 0.1) is 10.1 Å². The van der Waals surface area contributed by atoms with E-state index in [1.165, 1.54) is 25.3 Å². The molecule has 1 rings (SSSR count). The van der Waals surface area contributed by atoms with Crippen LogP contribution < -0.4 is 14.6 Å². The number of ether oxygens (including phenoxy) is 2. The Kier molecular flexibility index (Phi) is 4.45. The highest BCUT2D eigenvalue weighted by Gasteiger charge is 2.16. The summed E-state index contributed by atoms with van der Waals surface area (Å²) in [5.74, 6) is -0.129. The highest BCUT2D eigenvalue weighted by molar-refractivity contribution is 7.89. The van der Waals surface area contributed by atoms with Gasteiger partial charge in [-0.1, -0.05) is 0 Å². The number of nitrogens with zero attached hydrogens (tertiary/aromatic N) is 1. The van der Waals surface area contributed by atoms with Crippen LogP contribution in [0.15, 0.2) is 18.2 Å². The number of benzene rings is 1. The Morgan fingerprint density at radius 1 is 1.44 bits per heavy atom. The van der Waals surface area contributed by atoms with Crippen molar-refractivity contribution in [1.29, 1.82) is 0 Å². The smallest absolute Gasteiger partial charge is 0.311 e. The van der Waals surface area contributed by atoms with Crippen molar-refractivity contribution < 1.29 is 22.8 Å². The van der Waals surface area contributed by atoms with Gasteiger partial charge in [0.15, 0.2) is 0 Å². The molecule has 0 atom stereocenters. The fraction of sp³-hybridized carbons (Fsp3) is 0.333. The zero-order chi connectivity index (χ0) is 13.8. The summed E-state index contributed by atoms with van der Waals surface area (Å²) in [7, 11) is -2.27. The molecule has 9 heteroatoms.